The Morgan fingerprint density at radius 2 is 2.19 bits per heavy atom. The Labute approximate surface area is 122 Å². The van der Waals surface area contributed by atoms with Crippen LogP contribution in [0.2, 0.25) is 0 Å². The predicted octanol–water partition coefficient (Wildman–Crippen LogP) is 1.39. The molecule has 110 valence electrons. The fourth-order valence-electron chi connectivity index (χ4n) is 2.55. The summed E-state index contributed by atoms with van der Waals surface area (Å²) in [5, 5.41) is 10.6. The summed E-state index contributed by atoms with van der Waals surface area (Å²) in [5.41, 5.74) is 2.87. The van der Waals surface area contributed by atoms with Crippen LogP contribution >= 0.6 is 0 Å². The lowest BCUT2D eigenvalue weighted by Crippen LogP contribution is -2.24. The molecule has 6 heteroatoms. The first kappa shape index (κ1) is 13.8. The molecule has 1 aliphatic heterocycles. The number of rotatable bonds is 3. The van der Waals surface area contributed by atoms with Crippen molar-refractivity contribution < 1.29 is 9.18 Å². The van der Waals surface area contributed by atoms with Gasteiger partial charge in [0.05, 0.1) is 12.1 Å². The van der Waals surface area contributed by atoms with Crippen molar-refractivity contribution in [3.8, 4) is 0 Å². The van der Waals surface area contributed by atoms with Crippen LogP contribution in [0.1, 0.15) is 16.8 Å². The lowest BCUT2D eigenvalue weighted by atomic mass is 10.1. The maximum atomic E-state index is 12.9. The number of carbonyl (C=O) groups is 1. The van der Waals surface area contributed by atoms with Crippen LogP contribution in [0.15, 0.2) is 24.3 Å². The van der Waals surface area contributed by atoms with E-state index in [1.165, 1.54) is 12.1 Å². The zero-order valence-electron chi connectivity index (χ0n) is 11.8. The van der Waals surface area contributed by atoms with Gasteiger partial charge in [0.25, 0.3) is 0 Å². The first-order valence-electron chi connectivity index (χ1n) is 6.93. The van der Waals surface area contributed by atoms with E-state index in [9.17, 15) is 9.18 Å². The van der Waals surface area contributed by atoms with Gasteiger partial charge >= 0.3 is 0 Å². The molecule has 0 saturated heterocycles. The number of anilines is 1. The zero-order valence-corrected chi connectivity index (χ0v) is 11.8. The molecule has 1 amide bonds. The summed E-state index contributed by atoms with van der Waals surface area (Å²) in [6.45, 7) is 1.63. The summed E-state index contributed by atoms with van der Waals surface area (Å²) in [6.07, 6.45) is 1.09. The highest BCUT2D eigenvalue weighted by Gasteiger charge is 2.20. The number of benzene rings is 1. The van der Waals surface area contributed by atoms with Gasteiger partial charge in [-0.1, -0.05) is 12.1 Å². The number of hydrogen-bond acceptors (Lipinski definition) is 3. The van der Waals surface area contributed by atoms with Crippen molar-refractivity contribution in [2.45, 2.75) is 19.4 Å². The number of carbonyl (C=O) groups excluding carboxylic acids is 1. The molecule has 0 unspecified atom stereocenters. The van der Waals surface area contributed by atoms with E-state index in [1.807, 2.05) is 7.05 Å². The number of halogens is 1. The number of aromatic nitrogens is 2. The maximum Gasteiger partial charge on any atom is 0.229 e. The van der Waals surface area contributed by atoms with E-state index in [2.05, 4.69) is 15.7 Å². The smallest absolute Gasteiger partial charge is 0.229 e. The van der Waals surface area contributed by atoms with Gasteiger partial charge in [0, 0.05) is 32.1 Å². The summed E-state index contributed by atoms with van der Waals surface area (Å²) in [5.74, 6) is 0.313. The van der Waals surface area contributed by atoms with Crippen LogP contribution < -0.4 is 10.6 Å². The van der Waals surface area contributed by atoms with Crippen LogP contribution in [-0.2, 0) is 31.2 Å². The molecule has 2 aromatic rings. The van der Waals surface area contributed by atoms with Crippen LogP contribution in [0.5, 0.6) is 0 Å². The molecule has 0 aliphatic carbocycles. The minimum Gasteiger partial charge on any atom is -0.312 e. The molecule has 1 aromatic heterocycles. The Kier molecular flexibility index (Phi) is 3.70. The largest absolute Gasteiger partial charge is 0.312 e. The Morgan fingerprint density at radius 1 is 1.43 bits per heavy atom. The van der Waals surface area contributed by atoms with E-state index in [-0.39, 0.29) is 18.1 Å². The summed E-state index contributed by atoms with van der Waals surface area (Å²) >= 11 is 0. The number of hydrogen-bond donors (Lipinski definition) is 2. The Balaban J connectivity index is 1.73. The second kappa shape index (κ2) is 5.65. The third-order valence-corrected chi connectivity index (χ3v) is 3.60. The second-order valence-electron chi connectivity index (χ2n) is 5.18. The van der Waals surface area contributed by atoms with E-state index in [4.69, 9.17) is 0 Å². The molecule has 0 spiro atoms. The van der Waals surface area contributed by atoms with Gasteiger partial charge in [-0.05, 0) is 17.7 Å². The van der Waals surface area contributed by atoms with Gasteiger partial charge in [-0.3, -0.25) is 9.48 Å². The highest BCUT2D eigenvalue weighted by Crippen LogP contribution is 2.22. The lowest BCUT2D eigenvalue weighted by Gasteiger charge is -2.13. The zero-order chi connectivity index (χ0) is 14.8. The highest BCUT2D eigenvalue weighted by atomic mass is 19.1. The van der Waals surface area contributed by atoms with Crippen LogP contribution in [0.25, 0.3) is 0 Å². The Morgan fingerprint density at radius 3 is 2.95 bits per heavy atom. The average Bonchev–Trinajstić information content (AvgIpc) is 2.78. The van der Waals surface area contributed by atoms with Crippen molar-refractivity contribution in [1.82, 2.24) is 15.1 Å². The van der Waals surface area contributed by atoms with E-state index >= 15 is 0 Å². The molecular weight excluding hydrogens is 271 g/mol. The maximum absolute atomic E-state index is 12.9. The van der Waals surface area contributed by atoms with Crippen molar-refractivity contribution in [3.63, 3.8) is 0 Å². The van der Waals surface area contributed by atoms with Crippen molar-refractivity contribution in [1.29, 1.82) is 0 Å². The summed E-state index contributed by atoms with van der Waals surface area (Å²) < 4.78 is 14.6. The average molecular weight is 288 g/mol. The van der Waals surface area contributed by atoms with Crippen molar-refractivity contribution >= 4 is 11.7 Å². The van der Waals surface area contributed by atoms with Crippen LogP contribution in [0.3, 0.4) is 0 Å². The minimum atomic E-state index is -0.300. The Bertz CT molecular complexity index is 663. The topological polar surface area (TPSA) is 59.0 Å². The molecular formula is C15H17FN4O. The number of fused-ring (bicyclic) bond motifs is 1. The van der Waals surface area contributed by atoms with E-state index < -0.39 is 0 Å². The molecule has 21 heavy (non-hydrogen) atoms. The first-order valence-corrected chi connectivity index (χ1v) is 6.93. The third-order valence-electron chi connectivity index (χ3n) is 3.60. The van der Waals surface area contributed by atoms with Crippen molar-refractivity contribution in [2.24, 2.45) is 7.05 Å². The Hall–Kier alpha value is -2.21. The third kappa shape index (κ3) is 2.95. The van der Waals surface area contributed by atoms with E-state index in [0.717, 1.165) is 42.1 Å². The minimum absolute atomic E-state index is 0.127. The number of nitrogens with zero attached hydrogens (tertiary/aromatic N) is 2. The van der Waals surface area contributed by atoms with Gasteiger partial charge < -0.3 is 10.6 Å². The fraction of sp³-hybridized carbons (Fsp3) is 0.333. The van der Waals surface area contributed by atoms with Gasteiger partial charge in [-0.25, -0.2) is 4.39 Å². The molecule has 1 aromatic carbocycles. The summed E-state index contributed by atoms with van der Waals surface area (Å²) in [6, 6.07) is 5.96. The molecule has 0 bridgehead atoms. The van der Waals surface area contributed by atoms with Crippen LogP contribution in [0.4, 0.5) is 10.2 Å². The number of aryl methyl sites for hydroxylation is 1. The lowest BCUT2D eigenvalue weighted by molar-refractivity contribution is -0.115. The van der Waals surface area contributed by atoms with Gasteiger partial charge in [0.2, 0.25) is 5.91 Å². The molecule has 2 N–H and O–H groups in total. The van der Waals surface area contributed by atoms with Gasteiger partial charge in [-0.15, -0.1) is 0 Å². The van der Waals surface area contributed by atoms with Gasteiger partial charge in [0.15, 0.2) is 0 Å². The monoisotopic (exact) mass is 288 g/mol. The number of nitrogens with one attached hydrogen (secondary N) is 2. The SMILES string of the molecule is Cn1nc2c(c1NC(=O)Cc1ccc(F)cc1)CNCC2. The van der Waals surface area contributed by atoms with Crippen molar-refractivity contribution in [3.05, 3.63) is 46.9 Å². The van der Waals surface area contributed by atoms with Crippen LogP contribution in [-0.4, -0.2) is 22.2 Å². The molecule has 2 heterocycles. The number of amides is 1. The first-order chi connectivity index (χ1) is 10.1. The molecule has 0 fully saturated rings. The molecule has 0 radical (unpaired) electrons. The molecule has 0 atom stereocenters. The van der Waals surface area contributed by atoms with E-state index in [1.54, 1.807) is 16.8 Å². The molecule has 5 nitrogen and oxygen atoms in total. The fourth-order valence-corrected chi connectivity index (χ4v) is 2.55. The van der Waals surface area contributed by atoms with Gasteiger partial charge in [-0.2, -0.15) is 5.10 Å². The predicted molar refractivity (Wildman–Crippen MR) is 77.4 cm³/mol. The standard InChI is InChI=1S/C15H17FN4O/c1-20-15(12-9-17-7-6-13(12)19-20)18-14(21)8-10-2-4-11(16)5-3-10/h2-5,17H,6-9H2,1H3,(H,18,21). The summed E-state index contributed by atoms with van der Waals surface area (Å²) in [4.78, 5) is 12.1. The highest BCUT2D eigenvalue weighted by molar-refractivity contribution is 5.92. The second-order valence-corrected chi connectivity index (χ2v) is 5.18. The summed E-state index contributed by atoms with van der Waals surface area (Å²) in [7, 11) is 1.83. The van der Waals surface area contributed by atoms with E-state index in [0.29, 0.717) is 0 Å². The molecule has 3 rings (SSSR count). The normalized spacial score (nSPS) is 13.8. The quantitative estimate of drug-likeness (QED) is 0.897. The van der Waals surface area contributed by atoms with Crippen molar-refractivity contribution in [2.75, 3.05) is 11.9 Å². The van der Waals surface area contributed by atoms with Crippen LogP contribution in [0, 0.1) is 5.82 Å². The van der Waals surface area contributed by atoms with Gasteiger partial charge in [0.1, 0.15) is 11.6 Å². The molecule has 1 aliphatic rings. The molecule has 0 saturated carbocycles.